The van der Waals surface area contributed by atoms with Crippen LogP contribution in [0.15, 0.2) is 0 Å². The van der Waals surface area contributed by atoms with E-state index in [9.17, 15) is 5.26 Å². The molecule has 0 aromatic carbocycles. The summed E-state index contributed by atoms with van der Waals surface area (Å²) in [4.78, 5) is 2.52. The predicted octanol–water partition coefficient (Wildman–Crippen LogP) is 3.48. The van der Waals surface area contributed by atoms with Gasteiger partial charge >= 0.3 is 0 Å². The van der Waals surface area contributed by atoms with Gasteiger partial charge in [-0.15, -0.1) is 0 Å². The first-order valence-corrected chi connectivity index (χ1v) is 7.04. The minimum Gasteiger partial charge on any atom is -0.286 e. The minimum absolute atomic E-state index is 0.0964. The molecule has 90 valence electrons. The maximum absolute atomic E-state index is 9.62. The first kappa shape index (κ1) is 11.9. The van der Waals surface area contributed by atoms with Crippen molar-refractivity contribution in [3.8, 4) is 6.07 Å². The summed E-state index contributed by atoms with van der Waals surface area (Å²) < 4.78 is 0. The third-order valence-corrected chi connectivity index (χ3v) is 4.35. The fourth-order valence-corrected chi connectivity index (χ4v) is 3.31. The molecule has 2 fully saturated rings. The van der Waals surface area contributed by atoms with E-state index in [0.29, 0.717) is 0 Å². The fourth-order valence-electron chi connectivity index (χ4n) is 3.31. The van der Waals surface area contributed by atoms with Gasteiger partial charge in [0, 0.05) is 0 Å². The monoisotopic (exact) mass is 220 g/mol. The third kappa shape index (κ3) is 2.58. The predicted molar refractivity (Wildman–Crippen MR) is 66.1 cm³/mol. The van der Waals surface area contributed by atoms with Gasteiger partial charge in [-0.2, -0.15) is 5.26 Å². The molecule has 2 aliphatic rings. The van der Waals surface area contributed by atoms with Crippen LogP contribution >= 0.6 is 0 Å². The highest BCUT2D eigenvalue weighted by Gasteiger charge is 2.37. The Bertz CT molecular complexity index is 238. The molecule has 1 aliphatic heterocycles. The summed E-state index contributed by atoms with van der Waals surface area (Å²) in [5, 5.41) is 9.62. The van der Waals surface area contributed by atoms with E-state index in [1.54, 1.807) is 0 Å². The average Bonchev–Trinajstić information content (AvgIpc) is 2.72. The molecule has 16 heavy (non-hydrogen) atoms. The number of hydrogen-bond donors (Lipinski definition) is 0. The van der Waals surface area contributed by atoms with Gasteiger partial charge in [-0.25, -0.2) is 0 Å². The highest BCUT2D eigenvalue weighted by atomic mass is 15.2. The molecule has 0 bridgehead atoms. The molecule has 1 saturated carbocycles. The fraction of sp³-hybridized carbons (Fsp3) is 0.929. The first-order valence-electron chi connectivity index (χ1n) is 7.04. The topological polar surface area (TPSA) is 27.0 Å². The highest BCUT2D eigenvalue weighted by Crippen LogP contribution is 2.33. The Morgan fingerprint density at radius 3 is 1.75 bits per heavy atom. The van der Waals surface area contributed by atoms with Gasteiger partial charge in [0.2, 0.25) is 0 Å². The minimum atomic E-state index is -0.0964. The summed E-state index contributed by atoms with van der Waals surface area (Å²) in [7, 11) is 0. The van der Waals surface area contributed by atoms with E-state index >= 15 is 0 Å². The van der Waals surface area contributed by atoms with Crippen molar-refractivity contribution < 1.29 is 0 Å². The van der Waals surface area contributed by atoms with E-state index in [4.69, 9.17) is 0 Å². The molecule has 0 N–H and O–H groups in total. The lowest BCUT2D eigenvalue weighted by Gasteiger charge is -2.37. The molecule has 2 heteroatoms. The number of nitriles is 1. The summed E-state index contributed by atoms with van der Waals surface area (Å²) in [5.41, 5.74) is -0.0964. The van der Waals surface area contributed by atoms with Gasteiger partial charge in [-0.3, -0.25) is 4.90 Å². The number of nitrogens with zero attached hydrogens (tertiary/aromatic N) is 2. The third-order valence-electron chi connectivity index (χ3n) is 4.35. The SMILES string of the molecule is N#CC1(N2CCCCCC2)CCCCCC1. The summed E-state index contributed by atoms with van der Waals surface area (Å²) in [6, 6.07) is 2.68. The number of likely N-dealkylation sites (tertiary alicyclic amines) is 1. The standard InChI is InChI=1S/C14H24N2/c15-13-14(9-5-1-2-6-10-14)16-11-7-3-4-8-12-16/h1-12H2. The van der Waals surface area contributed by atoms with Crippen molar-refractivity contribution in [2.24, 2.45) is 0 Å². The number of hydrogen-bond acceptors (Lipinski definition) is 2. The van der Waals surface area contributed by atoms with Gasteiger partial charge in [0.15, 0.2) is 0 Å². The Balaban J connectivity index is 2.08. The molecule has 0 unspecified atom stereocenters. The smallest absolute Gasteiger partial charge is 0.109 e. The molecule has 0 amide bonds. The highest BCUT2D eigenvalue weighted by molar-refractivity contribution is 5.09. The van der Waals surface area contributed by atoms with Crippen LogP contribution in [0.4, 0.5) is 0 Å². The molecule has 1 aliphatic carbocycles. The van der Waals surface area contributed by atoms with Crippen molar-refractivity contribution in [3.05, 3.63) is 0 Å². The second-order valence-corrected chi connectivity index (χ2v) is 5.46. The molecule has 2 rings (SSSR count). The van der Waals surface area contributed by atoms with E-state index < -0.39 is 0 Å². The van der Waals surface area contributed by atoms with Crippen molar-refractivity contribution in [1.29, 1.82) is 5.26 Å². The maximum Gasteiger partial charge on any atom is 0.109 e. The summed E-state index contributed by atoms with van der Waals surface area (Å²) in [6.45, 7) is 2.32. The van der Waals surface area contributed by atoms with E-state index in [1.807, 2.05) is 0 Å². The second kappa shape index (κ2) is 5.68. The lowest BCUT2D eigenvalue weighted by molar-refractivity contribution is 0.125. The molecule has 1 heterocycles. The Labute approximate surface area is 99.6 Å². The molecule has 2 nitrogen and oxygen atoms in total. The molecule has 0 spiro atoms. The van der Waals surface area contributed by atoms with E-state index in [0.717, 1.165) is 25.9 Å². The summed E-state index contributed by atoms with van der Waals surface area (Å²) >= 11 is 0. The summed E-state index contributed by atoms with van der Waals surface area (Å²) in [6.07, 6.45) is 12.7. The van der Waals surface area contributed by atoms with E-state index in [2.05, 4.69) is 11.0 Å². The second-order valence-electron chi connectivity index (χ2n) is 5.46. The van der Waals surface area contributed by atoms with Crippen LogP contribution in [-0.2, 0) is 0 Å². The van der Waals surface area contributed by atoms with Crippen LogP contribution in [0.2, 0.25) is 0 Å². The van der Waals surface area contributed by atoms with E-state index in [-0.39, 0.29) is 5.54 Å². The first-order chi connectivity index (χ1) is 7.87. The van der Waals surface area contributed by atoms with Crippen molar-refractivity contribution in [1.82, 2.24) is 4.90 Å². The zero-order chi connectivity index (χ0) is 11.3. The molecule has 0 aromatic rings. The van der Waals surface area contributed by atoms with Crippen LogP contribution in [-0.4, -0.2) is 23.5 Å². The average molecular weight is 220 g/mol. The summed E-state index contributed by atoms with van der Waals surface area (Å²) in [5.74, 6) is 0. The Morgan fingerprint density at radius 2 is 1.25 bits per heavy atom. The van der Waals surface area contributed by atoms with Crippen LogP contribution in [0, 0.1) is 11.3 Å². The van der Waals surface area contributed by atoms with Gasteiger partial charge in [-0.05, 0) is 38.8 Å². The van der Waals surface area contributed by atoms with Crippen LogP contribution in [0.1, 0.15) is 64.2 Å². The van der Waals surface area contributed by atoms with E-state index in [1.165, 1.54) is 51.4 Å². The lowest BCUT2D eigenvalue weighted by atomic mass is 9.89. The lowest BCUT2D eigenvalue weighted by Crippen LogP contribution is -2.47. The molecular weight excluding hydrogens is 196 g/mol. The molecule has 1 saturated heterocycles. The van der Waals surface area contributed by atoms with Crippen LogP contribution < -0.4 is 0 Å². The van der Waals surface area contributed by atoms with Crippen LogP contribution in [0.3, 0.4) is 0 Å². The zero-order valence-corrected chi connectivity index (χ0v) is 10.4. The van der Waals surface area contributed by atoms with Crippen LogP contribution in [0.25, 0.3) is 0 Å². The van der Waals surface area contributed by atoms with Gasteiger partial charge in [-0.1, -0.05) is 38.5 Å². The van der Waals surface area contributed by atoms with Gasteiger partial charge in [0.05, 0.1) is 6.07 Å². The number of rotatable bonds is 1. The molecule has 0 aromatic heterocycles. The zero-order valence-electron chi connectivity index (χ0n) is 10.4. The molecule has 0 atom stereocenters. The Hall–Kier alpha value is -0.550. The molecular formula is C14H24N2. The van der Waals surface area contributed by atoms with Crippen molar-refractivity contribution >= 4 is 0 Å². The Morgan fingerprint density at radius 1 is 0.750 bits per heavy atom. The molecule has 0 radical (unpaired) electrons. The Kier molecular flexibility index (Phi) is 4.23. The van der Waals surface area contributed by atoms with Gasteiger partial charge in [0.1, 0.15) is 5.54 Å². The van der Waals surface area contributed by atoms with Gasteiger partial charge < -0.3 is 0 Å². The van der Waals surface area contributed by atoms with Crippen molar-refractivity contribution in [2.45, 2.75) is 69.7 Å². The normalized spacial score (nSPS) is 27.7. The van der Waals surface area contributed by atoms with Crippen LogP contribution in [0.5, 0.6) is 0 Å². The largest absolute Gasteiger partial charge is 0.286 e. The quantitative estimate of drug-likeness (QED) is 0.633. The van der Waals surface area contributed by atoms with Crippen molar-refractivity contribution in [3.63, 3.8) is 0 Å². The van der Waals surface area contributed by atoms with Crippen molar-refractivity contribution in [2.75, 3.05) is 13.1 Å². The maximum atomic E-state index is 9.62. The van der Waals surface area contributed by atoms with Gasteiger partial charge in [0.25, 0.3) is 0 Å².